The van der Waals surface area contributed by atoms with Gasteiger partial charge >= 0.3 is 6.18 Å². The van der Waals surface area contributed by atoms with Crippen LogP contribution in [0.5, 0.6) is 0 Å². The minimum atomic E-state index is -4.36. The summed E-state index contributed by atoms with van der Waals surface area (Å²) in [6.07, 6.45) is -4.36. The molecule has 0 N–H and O–H groups in total. The molecule has 4 heteroatoms. The monoisotopic (exact) mass is 299 g/mol. The van der Waals surface area contributed by atoms with E-state index in [0.717, 1.165) is 10.5 Å². The molecule has 2 aromatic rings. The lowest BCUT2D eigenvalue weighted by atomic mass is 10.0. The average Bonchev–Trinajstić information content (AvgIpc) is 2.29. The lowest BCUT2D eigenvalue weighted by Crippen LogP contribution is -2.04. The predicted molar refractivity (Wildman–Crippen MR) is 63.4 cm³/mol. The zero-order valence-corrected chi connectivity index (χ0v) is 10.1. The summed E-state index contributed by atoms with van der Waals surface area (Å²) in [6.45, 7) is 0. The van der Waals surface area contributed by atoms with Crippen molar-refractivity contribution in [1.82, 2.24) is 0 Å². The smallest absolute Gasteiger partial charge is 0.166 e. The van der Waals surface area contributed by atoms with Crippen LogP contribution in [0.1, 0.15) is 5.56 Å². The summed E-state index contributed by atoms with van der Waals surface area (Å²) in [7, 11) is 0. The summed E-state index contributed by atoms with van der Waals surface area (Å²) in [4.78, 5) is 0. The molecule has 1 radical (unpaired) electrons. The van der Waals surface area contributed by atoms with Crippen LogP contribution in [0.25, 0.3) is 11.1 Å². The van der Waals surface area contributed by atoms with Gasteiger partial charge in [0, 0.05) is 10.5 Å². The molecule has 2 rings (SSSR count). The molecule has 0 nitrogen and oxygen atoms in total. The van der Waals surface area contributed by atoms with Crippen molar-refractivity contribution < 1.29 is 13.2 Å². The Morgan fingerprint density at radius 3 is 2.29 bits per heavy atom. The molecular weight excluding hydrogens is 293 g/mol. The second kappa shape index (κ2) is 4.53. The molecule has 0 fully saturated rings. The largest absolute Gasteiger partial charge is 0.417 e. The van der Waals surface area contributed by atoms with Crippen LogP contribution in [0.4, 0.5) is 13.2 Å². The van der Waals surface area contributed by atoms with Gasteiger partial charge in [0.15, 0.2) is 0 Å². The zero-order chi connectivity index (χ0) is 12.5. The first kappa shape index (κ1) is 12.2. The van der Waals surface area contributed by atoms with E-state index in [4.69, 9.17) is 0 Å². The maximum Gasteiger partial charge on any atom is 0.417 e. The standard InChI is InChI=1S/C13H7BrF3/c14-12-7-2-1-6-11(12)9-4-3-5-10(8-9)13(15,16)17/h1-7H. The molecular formula is C13H7BrF3. The Kier molecular flexibility index (Phi) is 3.24. The normalized spacial score (nSPS) is 11.5. The third-order valence-corrected chi connectivity index (χ3v) is 2.96. The van der Waals surface area contributed by atoms with E-state index in [9.17, 15) is 13.2 Å². The number of hydrogen-bond donors (Lipinski definition) is 0. The molecule has 0 unspecified atom stereocenters. The Morgan fingerprint density at radius 1 is 0.941 bits per heavy atom. The second-order valence-corrected chi connectivity index (χ2v) is 4.31. The van der Waals surface area contributed by atoms with Crippen molar-refractivity contribution >= 4 is 15.9 Å². The quantitative estimate of drug-likeness (QED) is 0.700. The van der Waals surface area contributed by atoms with Gasteiger partial charge in [0.25, 0.3) is 0 Å². The first-order chi connectivity index (χ1) is 7.98. The van der Waals surface area contributed by atoms with Crippen LogP contribution in [0.15, 0.2) is 46.9 Å². The van der Waals surface area contributed by atoms with Gasteiger partial charge in [-0.25, -0.2) is 0 Å². The Bertz CT molecular complexity index is 532. The molecule has 0 saturated heterocycles. The maximum atomic E-state index is 12.5. The highest BCUT2D eigenvalue weighted by Gasteiger charge is 2.30. The summed E-state index contributed by atoms with van der Waals surface area (Å²) in [5, 5.41) is 0. The minimum absolute atomic E-state index is 0.423. The van der Waals surface area contributed by atoms with E-state index in [1.165, 1.54) is 6.07 Å². The predicted octanol–water partition coefficient (Wildman–Crippen LogP) is 4.94. The van der Waals surface area contributed by atoms with Crippen LogP contribution < -0.4 is 0 Å². The maximum absolute atomic E-state index is 12.5. The van der Waals surface area contributed by atoms with E-state index in [0.29, 0.717) is 11.1 Å². The van der Waals surface area contributed by atoms with E-state index in [2.05, 4.69) is 22.0 Å². The highest BCUT2D eigenvalue weighted by molar-refractivity contribution is 9.10. The first-order valence-corrected chi connectivity index (χ1v) is 5.62. The summed E-state index contributed by atoms with van der Waals surface area (Å²) in [6, 6.07) is 13.5. The van der Waals surface area contributed by atoms with Gasteiger partial charge in [0.2, 0.25) is 0 Å². The van der Waals surface area contributed by atoms with Crippen molar-refractivity contribution in [2.75, 3.05) is 0 Å². The van der Waals surface area contributed by atoms with Gasteiger partial charge in [0.1, 0.15) is 0 Å². The van der Waals surface area contributed by atoms with Crippen LogP contribution in [0.3, 0.4) is 0 Å². The van der Waals surface area contributed by atoms with Crippen LogP contribution in [0, 0.1) is 6.07 Å². The molecule has 0 aliphatic rings. The lowest BCUT2D eigenvalue weighted by Gasteiger charge is -2.09. The SMILES string of the molecule is FC(F)(F)c1[c]c(-c2ccccc2Br)ccc1. The molecule has 0 spiro atoms. The van der Waals surface area contributed by atoms with E-state index in [-0.39, 0.29) is 0 Å². The Balaban J connectivity index is 2.51. The molecule has 0 amide bonds. The van der Waals surface area contributed by atoms with E-state index in [1.54, 1.807) is 30.3 Å². The van der Waals surface area contributed by atoms with Crippen LogP contribution in [-0.4, -0.2) is 0 Å². The van der Waals surface area contributed by atoms with Gasteiger partial charge in [-0.05, 0) is 23.3 Å². The molecule has 87 valence electrons. The third-order valence-electron chi connectivity index (χ3n) is 2.26. The molecule has 2 aromatic carbocycles. The lowest BCUT2D eigenvalue weighted by molar-refractivity contribution is -0.137. The van der Waals surface area contributed by atoms with Gasteiger partial charge in [-0.3, -0.25) is 0 Å². The van der Waals surface area contributed by atoms with E-state index < -0.39 is 11.7 Å². The van der Waals surface area contributed by atoms with Crippen LogP contribution in [0.2, 0.25) is 0 Å². The van der Waals surface area contributed by atoms with Crippen molar-refractivity contribution in [3.8, 4) is 11.1 Å². The van der Waals surface area contributed by atoms with E-state index in [1.807, 2.05) is 0 Å². The zero-order valence-electron chi connectivity index (χ0n) is 8.55. The number of hydrogen-bond acceptors (Lipinski definition) is 0. The van der Waals surface area contributed by atoms with Gasteiger partial charge in [0.05, 0.1) is 5.56 Å². The van der Waals surface area contributed by atoms with E-state index >= 15 is 0 Å². The molecule has 0 atom stereocenters. The van der Waals surface area contributed by atoms with Gasteiger partial charge in [-0.15, -0.1) is 0 Å². The van der Waals surface area contributed by atoms with Crippen LogP contribution >= 0.6 is 15.9 Å². The summed E-state index contributed by atoms with van der Waals surface area (Å²) in [5.41, 5.74) is 0.358. The summed E-state index contributed by atoms with van der Waals surface area (Å²) < 4.78 is 38.4. The topological polar surface area (TPSA) is 0 Å². The molecule has 0 saturated carbocycles. The number of halogens is 4. The average molecular weight is 300 g/mol. The molecule has 0 aliphatic carbocycles. The molecule has 0 bridgehead atoms. The minimum Gasteiger partial charge on any atom is -0.166 e. The van der Waals surface area contributed by atoms with Gasteiger partial charge in [-0.1, -0.05) is 46.3 Å². The summed E-state index contributed by atoms with van der Waals surface area (Å²) >= 11 is 3.31. The Hall–Kier alpha value is -1.29. The van der Waals surface area contributed by atoms with Crippen molar-refractivity contribution in [3.05, 3.63) is 58.6 Å². The van der Waals surface area contributed by atoms with Gasteiger partial charge < -0.3 is 0 Å². The second-order valence-electron chi connectivity index (χ2n) is 3.46. The number of alkyl halides is 3. The van der Waals surface area contributed by atoms with Crippen molar-refractivity contribution in [2.24, 2.45) is 0 Å². The van der Waals surface area contributed by atoms with Gasteiger partial charge in [-0.2, -0.15) is 13.2 Å². The Morgan fingerprint density at radius 2 is 1.65 bits per heavy atom. The Labute approximate surface area is 105 Å². The molecule has 0 aliphatic heterocycles. The third kappa shape index (κ3) is 2.69. The molecule has 0 aromatic heterocycles. The fraction of sp³-hybridized carbons (Fsp3) is 0.0769. The highest BCUT2D eigenvalue weighted by Crippen LogP contribution is 2.33. The van der Waals surface area contributed by atoms with Crippen molar-refractivity contribution in [3.63, 3.8) is 0 Å². The number of benzene rings is 2. The summed E-state index contributed by atoms with van der Waals surface area (Å²) in [5.74, 6) is 0. The fourth-order valence-electron chi connectivity index (χ4n) is 1.47. The fourth-order valence-corrected chi connectivity index (χ4v) is 1.97. The van der Waals surface area contributed by atoms with Crippen molar-refractivity contribution in [1.29, 1.82) is 0 Å². The highest BCUT2D eigenvalue weighted by atomic mass is 79.9. The number of rotatable bonds is 1. The first-order valence-electron chi connectivity index (χ1n) is 4.83. The molecule has 0 heterocycles. The van der Waals surface area contributed by atoms with Crippen molar-refractivity contribution in [2.45, 2.75) is 6.18 Å². The molecule has 17 heavy (non-hydrogen) atoms. The van der Waals surface area contributed by atoms with Crippen LogP contribution in [-0.2, 0) is 6.18 Å².